The molecular weight excluding hydrogens is 476 g/mol. The van der Waals surface area contributed by atoms with E-state index in [0.717, 1.165) is 4.47 Å². The van der Waals surface area contributed by atoms with E-state index < -0.39 is 4.92 Å². The lowest BCUT2D eigenvalue weighted by Crippen LogP contribution is -2.20. The maximum atomic E-state index is 12.9. The normalized spacial score (nSPS) is 11.2. The van der Waals surface area contributed by atoms with E-state index in [9.17, 15) is 14.9 Å². The predicted molar refractivity (Wildman–Crippen MR) is 125 cm³/mol. The molecule has 3 aromatic carbocycles. The van der Waals surface area contributed by atoms with Crippen molar-refractivity contribution in [2.45, 2.75) is 13.5 Å². The van der Waals surface area contributed by atoms with Gasteiger partial charge in [-0.25, -0.2) is 4.98 Å². The summed E-state index contributed by atoms with van der Waals surface area (Å²) in [5.41, 5.74) is 1.65. The number of hydrogen-bond donors (Lipinski definition) is 0. The van der Waals surface area contributed by atoms with E-state index in [4.69, 9.17) is 4.74 Å². The van der Waals surface area contributed by atoms with Crippen molar-refractivity contribution >= 4 is 38.7 Å². The molecule has 0 saturated carbocycles. The molecule has 0 unspecified atom stereocenters. The van der Waals surface area contributed by atoms with E-state index in [1.807, 2.05) is 18.2 Å². The molecule has 0 atom stereocenters. The van der Waals surface area contributed by atoms with Gasteiger partial charge in [-0.2, -0.15) is 9.78 Å². The summed E-state index contributed by atoms with van der Waals surface area (Å²) >= 11 is 3.38. The largest absolute Gasteiger partial charge is 0.488 e. The van der Waals surface area contributed by atoms with Crippen molar-refractivity contribution in [1.82, 2.24) is 9.66 Å². The topological polar surface area (TPSA) is 99.6 Å². The lowest BCUT2D eigenvalue weighted by Gasteiger charge is -2.10. The summed E-state index contributed by atoms with van der Waals surface area (Å²) < 4.78 is 7.89. The van der Waals surface area contributed by atoms with Gasteiger partial charge in [0.25, 0.3) is 11.2 Å². The summed E-state index contributed by atoms with van der Waals surface area (Å²) in [4.78, 5) is 27.9. The summed E-state index contributed by atoms with van der Waals surface area (Å²) in [6.45, 7) is 1.86. The Labute approximate surface area is 191 Å². The Hall–Kier alpha value is -3.85. The van der Waals surface area contributed by atoms with Crippen molar-refractivity contribution in [3.05, 3.63) is 109 Å². The number of aromatic nitrogens is 2. The number of para-hydroxylation sites is 1. The highest BCUT2D eigenvalue weighted by molar-refractivity contribution is 9.10. The fourth-order valence-corrected chi connectivity index (χ4v) is 3.52. The van der Waals surface area contributed by atoms with Crippen LogP contribution in [0.4, 0.5) is 5.69 Å². The zero-order valence-corrected chi connectivity index (χ0v) is 18.5. The SMILES string of the molecule is Cc1nc2ccc(Br)cc2c(=O)n1N=Cc1ccccc1OCc1cccc([N+](=O)[O-])c1. The molecule has 4 rings (SSSR count). The molecule has 0 aliphatic rings. The minimum absolute atomic E-state index is 0.00578. The fraction of sp³-hybridized carbons (Fsp3) is 0.0870. The summed E-state index contributed by atoms with van der Waals surface area (Å²) in [5.74, 6) is 0.987. The first kappa shape index (κ1) is 21.4. The van der Waals surface area contributed by atoms with E-state index in [2.05, 4.69) is 26.0 Å². The Morgan fingerprint density at radius 1 is 1.16 bits per heavy atom. The second-order valence-corrected chi connectivity index (χ2v) is 7.85. The van der Waals surface area contributed by atoms with Crippen LogP contribution in [0.2, 0.25) is 0 Å². The number of fused-ring (bicyclic) bond motifs is 1. The van der Waals surface area contributed by atoms with Crippen LogP contribution in [0.25, 0.3) is 10.9 Å². The minimum atomic E-state index is -0.444. The maximum Gasteiger partial charge on any atom is 0.282 e. The Bertz CT molecular complexity index is 1420. The van der Waals surface area contributed by atoms with Crippen LogP contribution < -0.4 is 10.3 Å². The van der Waals surface area contributed by atoms with Gasteiger partial charge in [-0.15, -0.1) is 0 Å². The molecule has 0 radical (unpaired) electrons. The van der Waals surface area contributed by atoms with Gasteiger partial charge in [0.15, 0.2) is 0 Å². The number of hydrogen-bond acceptors (Lipinski definition) is 6. The second kappa shape index (κ2) is 9.11. The monoisotopic (exact) mass is 492 g/mol. The molecule has 1 heterocycles. The molecule has 1 aromatic heterocycles. The van der Waals surface area contributed by atoms with Crippen LogP contribution in [0.1, 0.15) is 17.0 Å². The molecule has 0 aliphatic heterocycles. The lowest BCUT2D eigenvalue weighted by atomic mass is 10.2. The number of nitro benzene ring substituents is 1. The molecule has 0 bridgehead atoms. The van der Waals surface area contributed by atoms with Crippen LogP contribution >= 0.6 is 15.9 Å². The van der Waals surface area contributed by atoms with Crippen molar-refractivity contribution in [2.24, 2.45) is 5.10 Å². The number of rotatable bonds is 6. The van der Waals surface area contributed by atoms with Crippen molar-refractivity contribution in [2.75, 3.05) is 0 Å². The van der Waals surface area contributed by atoms with Crippen molar-refractivity contribution < 1.29 is 9.66 Å². The van der Waals surface area contributed by atoms with Gasteiger partial charge < -0.3 is 4.74 Å². The molecule has 160 valence electrons. The number of benzene rings is 3. The first-order chi connectivity index (χ1) is 15.4. The van der Waals surface area contributed by atoms with Crippen LogP contribution in [0.3, 0.4) is 0 Å². The summed E-state index contributed by atoms with van der Waals surface area (Å²) in [6, 6.07) is 18.8. The second-order valence-electron chi connectivity index (χ2n) is 6.94. The smallest absolute Gasteiger partial charge is 0.282 e. The lowest BCUT2D eigenvalue weighted by molar-refractivity contribution is -0.384. The molecule has 0 saturated heterocycles. The van der Waals surface area contributed by atoms with Crippen LogP contribution in [-0.2, 0) is 6.61 Å². The van der Waals surface area contributed by atoms with Gasteiger partial charge in [0, 0.05) is 22.2 Å². The highest BCUT2D eigenvalue weighted by Gasteiger charge is 2.09. The molecule has 0 fully saturated rings. The minimum Gasteiger partial charge on any atom is -0.488 e. The van der Waals surface area contributed by atoms with E-state index >= 15 is 0 Å². The number of aryl methyl sites for hydroxylation is 1. The van der Waals surface area contributed by atoms with Crippen LogP contribution in [0.15, 0.2) is 81.1 Å². The van der Waals surface area contributed by atoms with Gasteiger partial charge in [-0.1, -0.05) is 40.2 Å². The van der Waals surface area contributed by atoms with Gasteiger partial charge in [0.2, 0.25) is 0 Å². The average molecular weight is 493 g/mol. The highest BCUT2D eigenvalue weighted by atomic mass is 79.9. The first-order valence-corrected chi connectivity index (χ1v) is 10.4. The third kappa shape index (κ3) is 4.57. The van der Waals surface area contributed by atoms with Gasteiger partial charge >= 0.3 is 0 Å². The van der Waals surface area contributed by atoms with Crippen molar-refractivity contribution in [3.8, 4) is 5.75 Å². The number of halogens is 1. The van der Waals surface area contributed by atoms with Crippen LogP contribution in [0, 0.1) is 17.0 Å². The molecule has 9 heteroatoms. The molecule has 32 heavy (non-hydrogen) atoms. The molecule has 4 aromatic rings. The Morgan fingerprint density at radius 3 is 2.78 bits per heavy atom. The zero-order chi connectivity index (χ0) is 22.7. The van der Waals surface area contributed by atoms with Crippen molar-refractivity contribution in [3.63, 3.8) is 0 Å². The van der Waals surface area contributed by atoms with E-state index in [0.29, 0.717) is 33.6 Å². The number of nitrogens with zero attached hydrogens (tertiary/aromatic N) is 4. The van der Waals surface area contributed by atoms with Crippen LogP contribution in [-0.4, -0.2) is 20.8 Å². The molecule has 8 nitrogen and oxygen atoms in total. The summed E-state index contributed by atoms with van der Waals surface area (Å²) in [7, 11) is 0. The molecular formula is C23H17BrN4O4. The van der Waals surface area contributed by atoms with E-state index in [1.165, 1.54) is 23.0 Å². The summed E-state index contributed by atoms with van der Waals surface area (Å²) in [5, 5.41) is 15.8. The third-order valence-electron chi connectivity index (χ3n) is 4.72. The first-order valence-electron chi connectivity index (χ1n) is 9.61. The fourth-order valence-electron chi connectivity index (χ4n) is 3.16. The number of nitro groups is 1. The van der Waals surface area contributed by atoms with E-state index in [1.54, 1.807) is 43.3 Å². The Morgan fingerprint density at radius 2 is 1.97 bits per heavy atom. The molecule has 0 aliphatic carbocycles. The van der Waals surface area contributed by atoms with Gasteiger partial charge in [-0.3, -0.25) is 14.9 Å². The Balaban J connectivity index is 1.62. The zero-order valence-electron chi connectivity index (χ0n) is 16.9. The number of ether oxygens (including phenoxy) is 1. The van der Waals surface area contributed by atoms with Crippen molar-refractivity contribution in [1.29, 1.82) is 0 Å². The van der Waals surface area contributed by atoms with E-state index in [-0.39, 0.29) is 17.9 Å². The number of non-ortho nitro benzene ring substituents is 1. The maximum absolute atomic E-state index is 12.9. The van der Waals surface area contributed by atoms with Gasteiger partial charge in [0.05, 0.1) is 22.0 Å². The average Bonchev–Trinajstić information content (AvgIpc) is 2.79. The third-order valence-corrected chi connectivity index (χ3v) is 5.21. The summed E-state index contributed by atoms with van der Waals surface area (Å²) in [6.07, 6.45) is 1.53. The Kier molecular flexibility index (Phi) is 6.09. The standard InChI is InChI=1S/C23H17BrN4O4/c1-15-26-21-10-9-18(24)12-20(21)23(29)27(15)25-13-17-6-2-3-8-22(17)32-14-16-5-4-7-19(11-16)28(30)31/h2-13H,14H2,1H3. The molecule has 0 spiro atoms. The molecule has 0 amide bonds. The van der Waals surface area contributed by atoms with Gasteiger partial charge in [0.1, 0.15) is 18.2 Å². The van der Waals surface area contributed by atoms with Gasteiger partial charge in [-0.05, 0) is 42.8 Å². The van der Waals surface area contributed by atoms with Crippen LogP contribution in [0.5, 0.6) is 5.75 Å². The molecule has 0 N–H and O–H groups in total. The predicted octanol–water partition coefficient (Wildman–Crippen LogP) is 4.84. The quantitative estimate of drug-likeness (QED) is 0.218. The highest BCUT2D eigenvalue weighted by Crippen LogP contribution is 2.20.